The van der Waals surface area contributed by atoms with E-state index in [1.807, 2.05) is 4.68 Å². The number of hydrogen-bond acceptors (Lipinski definition) is 5. The molecule has 0 spiro atoms. The van der Waals surface area contributed by atoms with Gasteiger partial charge < -0.3 is 15.3 Å². The minimum Gasteiger partial charge on any atom is -0.508 e. The monoisotopic (exact) mass is 497 g/mol. The van der Waals surface area contributed by atoms with Gasteiger partial charge >= 0.3 is 0 Å². The zero-order valence-electron chi connectivity index (χ0n) is 20.1. The van der Waals surface area contributed by atoms with E-state index in [-0.39, 0.29) is 23.0 Å². The summed E-state index contributed by atoms with van der Waals surface area (Å²) in [6, 6.07) is 5.94. The molecule has 3 atom stereocenters. The van der Waals surface area contributed by atoms with Crippen LogP contribution in [0.3, 0.4) is 0 Å². The van der Waals surface area contributed by atoms with Crippen LogP contribution < -0.4 is 10.2 Å². The van der Waals surface area contributed by atoms with Crippen LogP contribution in [-0.2, 0) is 0 Å². The number of aromatic hydroxyl groups is 1. The van der Waals surface area contributed by atoms with E-state index in [0.717, 1.165) is 62.3 Å². The van der Waals surface area contributed by atoms with Crippen LogP contribution in [0.4, 0.5) is 14.6 Å². The molecule has 0 radical (unpaired) electrons. The van der Waals surface area contributed by atoms with E-state index in [1.165, 1.54) is 18.2 Å². The fourth-order valence-electron chi connectivity index (χ4n) is 6.53. The molecule has 2 aromatic carbocycles. The third-order valence-corrected chi connectivity index (χ3v) is 8.70. The summed E-state index contributed by atoms with van der Waals surface area (Å²) >= 11 is 0. The van der Waals surface area contributed by atoms with Gasteiger partial charge in [0.15, 0.2) is 5.82 Å². The van der Waals surface area contributed by atoms with E-state index < -0.39 is 11.6 Å². The maximum absolute atomic E-state index is 16.8. The van der Waals surface area contributed by atoms with Crippen molar-refractivity contribution in [2.24, 2.45) is 11.8 Å². The number of halogens is 2. The number of rotatable bonds is 4. The summed E-state index contributed by atoms with van der Waals surface area (Å²) in [7, 11) is 0. The molecule has 2 saturated carbocycles. The largest absolute Gasteiger partial charge is 0.508 e. The molecule has 2 N–H and O–H groups in total. The van der Waals surface area contributed by atoms with E-state index in [4.69, 9.17) is 16.5 Å². The van der Waals surface area contributed by atoms with Gasteiger partial charge in [-0.3, -0.25) is 4.68 Å². The smallest absolute Gasteiger partial charge is 0.175 e. The van der Waals surface area contributed by atoms with Crippen LogP contribution in [0.25, 0.3) is 32.9 Å². The summed E-state index contributed by atoms with van der Waals surface area (Å²) in [5.74, 6) is 3.44. The van der Waals surface area contributed by atoms with Crippen molar-refractivity contribution >= 4 is 27.5 Å². The first kappa shape index (κ1) is 21.4. The number of nitrogens with one attached hydrogen (secondary N) is 1. The van der Waals surface area contributed by atoms with E-state index in [9.17, 15) is 9.50 Å². The van der Waals surface area contributed by atoms with Gasteiger partial charge in [0.05, 0.1) is 22.7 Å². The average molecular weight is 498 g/mol. The van der Waals surface area contributed by atoms with Crippen LogP contribution in [0.1, 0.15) is 42.5 Å². The van der Waals surface area contributed by atoms with Crippen molar-refractivity contribution in [3.63, 3.8) is 0 Å². The molecule has 8 rings (SSSR count). The van der Waals surface area contributed by atoms with Crippen molar-refractivity contribution in [2.75, 3.05) is 31.1 Å². The minimum absolute atomic E-state index is 0.0361. The molecule has 6 nitrogen and oxygen atoms in total. The van der Waals surface area contributed by atoms with Gasteiger partial charge in [-0.05, 0) is 67.8 Å². The molecule has 4 aliphatic rings. The summed E-state index contributed by atoms with van der Waals surface area (Å²) in [6.07, 6.45) is 8.68. The first-order valence-corrected chi connectivity index (χ1v) is 13.0. The lowest BCUT2D eigenvalue weighted by atomic mass is 9.95. The molecule has 0 amide bonds. The third kappa shape index (κ3) is 2.95. The lowest BCUT2D eigenvalue weighted by molar-refractivity contribution is 0.476. The number of phenols is 1. The van der Waals surface area contributed by atoms with Crippen LogP contribution in [0.2, 0.25) is 0 Å². The first-order chi connectivity index (χ1) is 18.0. The molecule has 2 saturated heterocycles. The molecular weight excluding hydrogens is 472 g/mol. The SMILES string of the molecule is C#Cc1c(F)ccc2cc(O)cc(-c3nc(N4CCC4)c4c(C5[C@H]6CNC[C@@H]56)nn(C5CC5)c4c3F)c12. The molecule has 2 aromatic heterocycles. The van der Waals surface area contributed by atoms with Crippen LogP contribution in [0, 0.1) is 35.8 Å². The highest BCUT2D eigenvalue weighted by molar-refractivity contribution is 6.04. The van der Waals surface area contributed by atoms with Crippen LogP contribution in [-0.4, -0.2) is 46.1 Å². The van der Waals surface area contributed by atoms with Gasteiger partial charge in [-0.15, -0.1) is 6.42 Å². The summed E-state index contributed by atoms with van der Waals surface area (Å²) in [4.78, 5) is 7.10. The number of anilines is 1. The first-order valence-electron chi connectivity index (χ1n) is 13.0. The predicted octanol–water partition coefficient (Wildman–Crippen LogP) is 4.69. The Balaban J connectivity index is 1.46. The van der Waals surface area contributed by atoms with Gasteiger partial charge in [-0.2, -0.15) is 5.10 Å². The minimum atomic E-state index is -0.564. The Labute approximate surface area is 212 Å². The molecule has 8 heteroatoms. The predicted molar refractivity (Wildman–Crippen MR) is 138 cm³/mol. The Hall–Kier alpha value is -3.70. The molecular formula is C29H25F2N5O. The number of piperidine rings is 1. The van der Waals surface area contributed by atoms with Gasteiger partial charge in [0.2, 0.25) is 0 Å². The highest BCUT2D eigenvalue weighted by Gasteiger charge is 2.56. The van der Waals surface area contributed by atoms with Crippen molar-refractivity contribution in [3.8, 4) is 29.4 Å². The zero-order valence-corrected chi connectivity index (χ0v) is 20.1. The number of benzene rings is 2. The standard InChI is InChI=1S/C29H25F2N5O/c1-2-17-21(30)7-4-14-10-16(37)11-18(22(14)17)26-25(31)28-24(29(33-26)35-8-3-9-35)27(34-36(28)15-5-6-15)23-19-12-32-13-20(19)23/h1,4,7,10-11,15,19-20,23,32,37H,3,5-6,8-9,12-13H2/t19-,20+,23?. The highest BCUT2D eigenvalue weighted by Crippen LogP contribution is 2.58. The summed E-state index contributed by atoms with van der Waals surface area (Å²) in [5, 5.41) is 20.8. The topological polar surface area (TPSA) is 66.2 Å². The molecule has 2 aliphatic heterocycles. The fraction of sp³-hybridized carbons (Fsp3) is 0.379. The van der Waals surface area contributed by atoms with Gasteiger partial charge in [-0.1, -0.05) is 12.0 Å². The number of nitrogens with zero attached hydrogens (tertiary/aromatic N) is 4. The van der Waals surface area contributed by atoms with E-state index in [0.29, 0.717) is 39.6 Å². The fourth-order valence-corrected chi connectivity index (χ4v) is 6.53. The number of aromatic nitrogens is 3. The second-order valence-corrected chi connectivity index (χ2v) is 10.9. The van der Waals surface area contributed by atoms with Crippen LogP contribution in [0.5, 0.6) is 5.75 Å². The zero-order chi connectivity index (χ0) is 25.0. The third-order valence-electron chi connectivity index (χ3n) is 8.70. The van der Waals surface area contributed by atoms with Crippen LogP contribution in [0.15, 0.2) is 24.3 Å². The Morgan fingerprint density at radius 1 is 1.08 bits per heavy atom. The average Bonchev–Trinajstić information content (AvgIpc) is 3.73. The van der Waals surface area contributed by atoms with Crippen molar-refractivity contribution < 1.29 is 13.9 Å². The lowest BCUT2D eigenvalue weighted by Crippen LogP contribution is -2.38. The number of phenolic OH excluding ortho intramolecular Hbond substituents is 1. The van der Waals surface area contributed by atoms with E-state index >= 15 is 4.39 Å². The molecule has 4 fully saturated rings. The van der Waals surface area contributed by atoms with Crippen molar-refractivity contribution in [1.82, 2.24) is 20.1 Å². The van der Waals surface area contributed by atoms with E-state index in [2.05, 4.69) is 16.1 Å². The Morgan fingerprint density at radius 2 is 1.86 bits per heavy atom. The normalized spacial score (nSPS) is 24.4. The molecule has 186 valence electrons. The summed E-state index contributed by atoms with van der Waals surface area (Å²) in [5.41, 5.74) is 1.84. The molecule has 1 unspecified atom stereocenters. The maximum atomic E-state index is 16.8. The molecule has 4 aromatic rings. The molecule has 4 heterocycles. The Bertz CT molecular complexity index is 1670. The second kappa shape index (κ2) is 7.42. The highest BCUT2D eigenvalue weighted by atomic mass is 19.1. The van der Waals surface area contributed by atoms with Gasteiger partial charge in [-0.25, -0.2) is 13.8 Å². The number of fused-ring (bicyclic) bond motifs is 3. The van der Waals surface area contributed by atoms with Gasteiger partial charge in [0.1, 0.15) is 28.6 Å². The Morgan fingerprint density at radius 3 is 2.54 bits per heavy atom. The van der Waals surface area contributed by atoms with Crippen LogP contribution >= 0.6 is 0 Å². The van der Waals surface area contributed by atoms with E-state index in [1.54, 1.807) is 6.07 Å². The second-order valence-electron chi connectivity index (χ2n) is 10.9. The lowest BCUT2D eigenvalue weighted by Gasteiger charge is -2.33. The summed E-state index contributed by atoms with van der Waals surface area (Å²) < 4.78 is 33.4. The number of hydrogen-bond donors (Lipinski definition) is 2. The van der Waals surface area contributed by atoms with Crippen molar-refractivity contribution in [1.29, 1.82) is 0 Å². The number of pyridine rings is 1. The van der Waals surface area contributed by atoms with Crippen molar-refractivity contribution in [2.45, 2.75) is 31.2 Å². The maximum Gasteiger partial charge on any atom is 0.175 e. The molecule has 0 bridgehead atoms. The molecule has 37 heavy (non-hydrogen) atoms. The summed E-state index contributed by atoms with van der Waals surface area (Å²) in [6.45, 7) is 3.61. The van der Waals surface area contributed by atoms with Crippen molar-refractivity contribution in [3.05, 3.63) is 47.2 Å². The number of terminal acetylenes is 1. The molecule has 2 aliphatic carbocycles. The Kier molecular flexibility index (Phi) is 4.29. The van der Waals surface area contributed by atoms with Gasteiger partial charge in [0, 0.05) is 30.0 Å². The quantitative estimate of drug-likeness (QED) is 0.401. The van der Waals surface area contributed by atoms with Gasteiger partial charge in [0.25, 0.3) is 0 Å².